The van der Waals surface area contributed by atoms with E-state index in [2.05, 4.69) is 41.3 Å². The molecule has 4 heteroatoms. The zero-order valence-corrected chi connectivity index (χ0v) is 13.1. The molecule has 2 aliphatic rings. The minimum atomic E-state index is -2.75. The Labute approximate surface area is 127 Å². The van der Waals surface area contributed by atoms with E-state index in [1.165, 1.54) is 18.4 Å². The Morgan fingerprint density at radius 1 is 1.19 bits per heavy atom. The van der Waals surface area contributed by atoms with Crippen LogP contribution in [0.1, 0.15) is 24.8 Å². The molecule has 1 aromatic carbocycles. The van der Waals surface area contributed by atoms with Gasteiger partial charge in [0, 0.05) is 12.6 Å². The molecule has 114 valence electrons. The van der Waals surface area contributed by atoms with Crippen LogP contribution < -0.4 is 0 Å². The summed E-state index contributed by atoms with van der Waals surface area (Å²) in [6, 6.07) is 10.8. The number of nitrogens with zero attached hydrogens (tertiary/aromatic N) is 1. The average Bonchev–Trinajstić information content (AvgIpc) is 3.04. The summed E-state index contributed by atoms with van der Waals surface area (Å²) < 4.78 is 23.1. The number of hydrogen-bond acceptors (Lipinski definition) is 3. The van der Waals surface area contributed by atoms with Crippen LogP contribution in [0, 0.1) is 5.92 Å². The lowest BCUT2D eigenvalue weighted by atomic mass is 10.1. The van der Waals surface area contributed by atoms with E-state index in [1.807, 2.05) is 6.07 Å². The van der Waals surface area contributed by atoms with Crippen molar-refractivity contribution in [2.75, 3.05) is 24.6 Å². The zero-order valence-electron chi connectivity index (χ0n) is 12.3. The van der Waals surface area contributed by atoms with Crippen LogP contribution in [0.15, 0.2) is 36.4 Å². The fourth-order valence-electron chi connectivity index (χ4n) is 3.43. The van der Waals surface area contributed by atoms with Gasteiger partial charge >= 0.3 is 0 Å². The van der Waals surface area contributed by atoms with Crippen molar-refractivity contribution >= 4 is 15.9 Å². The Morgan fingerprint density at radius 3 is 2.71 bits per heavy atom. The van der Waals surface area contributed by atoms with Crippen molar-refractivity contribution in [3.05, 3.63) is 42.0 Å². The molecule has 2 fully saturated rings. The lowest BCUT2D eigenvalue weighted by molar-refractivity contribution is 0.252. The van der Waals surface area contributed by atoms with E-state index in [0.717, 1.165) is 19.5 Å². The van der Waals surface area contributed by atoms with Gasteiger partial charge in [-0.1, -0.05) is 42.5 Å². The minimum absolute atomic E-state index is 0.334. The lowest BCUT2D eigenvalue weighted by Crippen LogP contribution is -2.33. The second-order valence-corrected chi connectivity index (χ2v) is 8.47. The van der Waals surface area contributed by atoms with E-state index in [9.17, 15) is 8.42 Å². The Hall–Kier alpha value is -1.13. The summed E-state index contributed by atoms with van der Waals surface area (Å²) in [5, 5.41) is 0. The standard InChI is InChI=1S/C17H23NO2S/c19-21(20)12-10-16(14-21)13-18-11-4-7-17(18)9-8-15-5-2-1-3-6-15/h1-3,5-6,8-9,16-17H,4,7,10-14H2/b9-8+/t16-,17+/m0/s1. The molecule has 0 N–H and O–H groups in total. The van der Waals surface area contributed by atoms with Crippen molar-refractivity contribution < 1.29 is 8.42 Å². The van der Waals surface area contributed by atoms with Gasteiger partial charge in [0.2, 0.25) is 0 Å². The number of likely N-dealkylation sites (tertiary alicyclic amines) is 1. The van der Waals surface area contributed by atoms with Crippen molar-refractivity contribution in [1.82, 2.24) is 4.90 Å². The van der Waals surface area contributed by atoms with E-state index >= 15 is 0 Å². The van der Waals surface area contributed by atoms with Gasteiger partial charge in [0.25, 0.3) is 0 Å². The molecule has 21 heavy (non-hydrogen) atoms. The van der Waals surface area contributed by atoms with E-state index in [-0.39, 0.29) is 0 Å². The minimum Gasteiger partial charge on any atom is -0.297 e. The highest BCUT2D eigenvalue weighted by Gasteiger charge is 2.32. The summed E-state index contributed by atoms with van der Waals surface area (Å²) in [5.41, 5.74) is 1.23. The molecule has 0 spiro atoms. The van der Waals surface area contributed by atoms with Crippen LogP contribution in [0.5, 0.6) is 0 Å². The first-order chi connectivity index (χ1) is 10.1. The highest BCUT2D eigenvalue weighted by Crippen LogP contribution is 2.25. The highest BCUT2D eigenvalue weighted by atomic mass is 32.2. The zero-order chi connectivity index (χ0) is 14.7. The summed E-state index contributed by atoms with van der Waals surface area (Å²) >= 11 is 0. The first kappa shape index (κ1) is 14.8. The molecule has 0 bridgehead atoms. The van der Waals surface area contributed by atoms with Crippen LogP contribution in [0.25, 0.3) is 6.08 Å². The molecule has 0 aromatic heterocycles. The maximum atomic E-state index is 11.6. The molecule has 2 atom stereocenters. The predicted molar refractivity (Wildman–Crippen MR) is 86.8 cm³/mol. The van der Waals surface area contributed by atoms with Crippen LogP contribution in [-0.4, -0.2) is 44.0 Å². The first-order valence-corrected chi connectivity index (χ1v) is 9.62. The summed E-state index contributed by atoms with van der Waals surface area (Å²) in [6.07, 6.45) is 7.71. The van der Waals surface area contributed by atoms with Gasteiger partial charge in [0.1, 0.15) is 0 Å². The fraction of sp³-hybridized carbons (Fsp3) is 0.529. The predicted octanol–water partition coefficient (Wildman–Crippen LogP) is 2.60. The summed E-state index contributed by atoms with van der Waals surface area (Å²) in [6.45, 7) is 2.03. The number of benzene rings is 1. The molecule has 1 aromatic rings. The summed E-state index contributed by atoms with van der Waals surface area (Å²) in [4.78, 5) is 2.46. The van der Waals surface area contributed by atoms with Gasteiger partial charge in [-0.05, 0) is 37.3 Å². The molecule has 2 heterocycles. The van der Waals surface area contributed by atoms with Gasteiger partial charge in [0.05, 0.1) is 11.5 Å². The van der Waals surface area contributed by atoms with Crippen LogP contribution in [0.3, 0.4) is 0 Å². The second-order valence-electron chi connectivity index (χ2n) is 6.24. The maximum absolute atomic E-state index is 11.6. The Morgan fingerprint density at radius 2 is 2.00 bits per heavy atom. The van der Waals surface area contributed by atoms with Crippen molar-refractivity contribution in [2.24, 2.45) is 5.92 Å². The number of rotatable bonds is 4. The molecule has 3 nitrogen and oxygen atoms in total. The third-order valence-electron chi connectivity index (χ3n) is 4.54. The quantitative estimate of drug-likeness (QED) is 0.858. The third-order valence-corrected chi connectivity index (χ3v) is 6.38. The number of sulfone groups is 1. The molecule has 0 amide bonds. The number of hydrogen-bond donors (Lipinski definition) is 0. The van der Waals surface area contributed by atoms with Gasteiger partial charge < -0.3 is 0 Å². The summed E-state index contributed by atoms with van der Waals surface area (Å²) in [5.74, 6) is 1.11. The molecule has 3 rings (SSSR count). The smallest absolute Gasteiger partial charge is 0.150 e. The van der Waals surface area contributed by atoms with Crippen LogP contribution >= 0.6 is 0 Å². The molecule has 0 saturated carbocycles. The Bertz CT molecular complexity index is 594. The molecule has 0 aliphatic carbocycles. The monoisotopic (exact) mass is 305 g/mol. The van der Waals surface area contributed by atoms with Crippen LogP contribution in [0.4, 0.5) is 0 Å². The molecule has 0 radical (unpaired) electrons. The SMILES string of the molecule is O=S1(=O)CC[C@@H](CN2CCC[C@@H]2/C=C/c2ccccc2)C1. The maximum Gasteiger partial charge on any atom is 0.150 e. The van der Waals surface area contributed by atoms with E-state index in [1.54, 1.807) is 0 Å². The van der Waals surface area contributed by atoms with Crippen molar-refractivity contribution in [2.45, 2.75) is 25.3 Å². The van der Waals surface area contributed by atoms with Gasteiger partial charge in [-0.3, -0.25) is 4.90 Å². The highest BCUT2D eigenvalue weighted by molar-refractivity contribution is 7.91. The van der Waals surface area contributed by atoms with Gasteiger partial charge in [-0.15, -0.1) is 0 Å². The van der Waals surface area contributed by atoms with E-state index in [0.29, 0.717) is 23.5 Å². The molecule has 2 aliphatic heterocycles. The molecular weight excluding hydrogens is 282 g/mol. The third kappa shape index (κ3) is 3.95. The first-order valence-electron chi connectivity index (χ1n) is 7.80. The lowest BCUT2D eigenvalue weighted by Gasteiger charge is -2.24. The fourth-order valence-corrected chi connectivity index (χ4v) is 5.28. The Balaban J connectivity index is 1.59. The van der Waals surface area contributed by atoms with E-state index < -0.39 is 9.84 Å². The normalized spacial score (nSPS) is 29.3. The van der Waals surface area contributed by atoms with Crippen molar-refractivity contribution in [1.29, 1.82) is 0 Å². The largest absolute Gasteiger partial charge is 0.297 e. The summed E-state index contributed by atoms with van der Waals surface area (Å²) in [7, 11) is -2.75. The Kier molecular flexibility index (Phi) is 4.45. The van der Waals surface area contributed by atoms with Gasteiger partial charge in [0.15, 0.2) is 9.84 Å². The van der Waals surface area contributed by atoms with Crippen LogP contribution in [-0.2, 0) is 9.84 Å². The molecule has 2 saturated heterocycles. The van der Waals surface area contributed by atoms with E-state index in [4.69, 9.17) is 0 Å². The topological polar surface area (TPSA) is 37.4 Å². The van der Waals surface area contributed by atoms with Gasteiger partial charge in [-0.25, -0.2) is 8.42 Å². The molecule has 0 unspecified atom stereocenters. The van der Waals surface area contributed by atoms with Gasteiger partial charge in [-0.2, -0.15) is 0 Å². The van der Waals surface area contributed by atoms with Crippen LogP contribution in [0.2, 0.25) is 0 Å². The van der Waals surface area contributed by atoms with Crippen molar-refractivity contribution in [3.63, 3.8) is 0 Å². The van der Waals surface area contributed by atoms with Crippen molar-refractivity contribution in [3.8, 4) is 0 Å². The average molecular weight is 305 g/mol. The molecular formula is C17H23NO2S. The second kappa shape index (κ2) is 6.32.